The van der Waals surface area contributed by atoms with Crippen LogP contribution in [0.2, 0.25) is 0 Å². The highest BCUT2D eigenvalue weighted by Crippen LogP contribution is 2.29. The highest BCUT2D eigenvalue weighted by molar-refractivity contribution is 5.95. The van der Waals surface area contributed by atoms with E-state index in [-0.39, 0.29) is 11.7 Å². The van der Waals surface area contributed by atoms with E-state index < -0.39 is 0 Å². The maximum atomic E-state index is 13.3. The first kappa shape index (κ1) is 30.1. The normalized spacial score (nSPS) is 16.9. The number of H-pyrrole nitrogens is 1. The summed E-state index contributed by atoms with van der Waals surface area (Å²) in [5, 5.41) is 11.0. The number of likely N-dealkylation sites (tertiary alicyclic amines) is 1. The van der Waals surface area contributed by atoms with Gasteiger partial charge in [-0.05, 0) is 85.3 Å². The fraction of sp³-hybridized carbons (Fsp3) is 0.353. The smallest absolute Gasteiger partial charge is 0.237 e. The molecule has 1 unspecified atom stereocenters. The van der Waals surface area contributed by atoms with Crippen molar-refractivity contribution in [2.45, 2.75) is 39.5 Å². The molecule has 8 nitrogen and oxygen atoms in total. The zero-order chi connectivity index (χ0) is 30.2. The van der Waals surface area contributed by atoms with Gasteiger partial charge in [0.2, 0.25) is 12.3 Å². The van der Waals surface area contributed by atoms with E-state index in [1.54, 1.807) is 18.3 Å². The van der Waals surface area contributed by atoms with Gasteiger partial charge < -0.3 is 10.2 Å². The summed E-state index contributed by atoms with van der Waals surface area (Å²) in [6.07, 6.45) is 8.63. The number of hydrogen-bond acceptors (Lipinski definition) is 5. The Labute approximate surface area is 252 Å². The molecule has 2 aliphatic heterocycles. The van der Waals surface area contributed by atoms with Crippen molar-refractivity contribution in [3.05, 3.63) is 83.9 Å². The third-order valence-corrected chi connectivity index (χ3v) is 8.30. The number of aryl methyl sites for hydroxylation is 1. The number of benzene rings is 2. The number of nitrogens with zero attached hydrogens (tertiary/aromatic N) is 4. The van der Waals surface area contributed by atoms with Gasteiger partial charge in [-0.15, -0.1) is 0 Å². The lowest BCUT2D eigenvalue weighted by Gasteiger charge is -2.28. The molecular formula is C34H39FN6O2. The van der Waals surface area contributed by atoms with Crippen LogP contribution in [-0.2, 0) is 16.0 Å². The molecule has 2 aromatic carbocycles. The third kappa shape index (κ3) is 7.53. The molecule has 2 N–H and O–H groups in total. The summed E-state index contributed by atoms with van der Waals surface area (Å²) in [5.74, 6) is 0.765. The van der Waals surface area contributed by atoms with Crippen LogP contribution in [0.15, 0.2) is 66.9 Å². The number of anilines is 1. The van der Waals surface area contributed by atoms with E-state index in [2.05, 4.69) is 45.3 Å². The molecule has 0 spiro atoms. The summed E-state index contributed by atoms with van der Waals surface area (Å²) >= 11 is 0. The molecule has 0 saturated carbocycles. The molecule has 43 heavy (non-hydrogen) atoms. The highest BCUT2D eigenvalue weighted by Gasteiger charge is 2.25. The molecule has 0 aliphatic carbocycles. The van der Waals surface area contributed by atoms with Gasteiger partial charge in [0, 0.05) is 48.2 Å². The Morgan fingerprint density at radius 3 is 2.72 bits per heavy atom. The Bertz CT molecular complexity index is 1600. The average Bonchev–Trinajstić information content (AvgIpc) is 3.68. The molecule has 4 aromatic rings. The summed E-state index contributed by atoms with van der Waals surface area (Å²) in [5.41, 5.74) is 6.67. The minimum absolute atomic E-state index is 0.207. The molecule has 224 valence electrons. The number of carbonyl (C=O) groups excluding carboxylic acids is 2. The minimum atomic E-state index is -0.207. The lowest BCUT2D eigenvalue weighted by atomic mass is 9.99. The fourth-order valence-corrected chi connectivity index (χ4v) is 5.74. The number of halogens is 1. The number of pyridine rings is 1. The van der Waals surface area contributed by atoms with Crippen LogP contribution in [0.1, 0.15) is 44.4 Å². The molecule has 1 saturated heterocycles. The summed E-state index contributed by atoms with van der Waals surface area (Å²) in [4.78, 5) is 31.5. The molecule has 2 aliphatic rings. The van der Waals surface area contributed by atoms with E-state index in [0.717, 1.165) is 83.1 Å². The molecule has 0 radical (unpaired) electrons. The SMILES string of the molecule is CCC1CCN(CC(=O)N2CC=C(c3cccc(F)c3)CC2)C1.CCc1cc(-c2n[nH]c3ccc(NC=O)cc23)ccn1. The van der Waals surface area contributed by atoms with Gasteiger partial charge in [-0.3, -0.25) is 24.6 Å². The zero-order valence-electron chi connectivity index (χ0n) is 24.9. The van der Waals surface area contributed by atoms with Crippen LogP contribution in [0.3, 0.4) is 0 Å². The Morgan fingerprint density at radius 2 is 2.00 bits per heavy atom. The van der Waals surface area contributed by atoms with Gasteiger partial charge in [0.25, 0.3) is 0 Å². The van der Waals surface area contributed by atoms with E-state index in [1.165, 1.54) is 18.9 Å². The summed E-state index contributed by atoms with van der Waals surface area (Å²) in [6, 6.07) is 16.3. The maximum Gasteiger partial charge on any atom is 0.237 e. The molecule has 1 fully saturated rings. The topological polar surface area (TPSA) is 94.2 Å². The van der Waals surface area contributed by atoms with Crippen LogP contribution in [0.5, 0.6) is 0 Å². The predicted octanol–water partition coefficient (Wildman–Crippen LogP) is 5.93. The van der Waals surface area contributed by atoms with Gasteiger partial charge >= 0.3 is 0 Å². The van der Waals surface area contributed by atoms with Gasteiger partial charge in [0.05, 0.1) is 12.1 Å². The van der Waals surface area contributed by atoms with Gasteiger partial charge in [-0.2, -0.15) is 5.10 Å². The van der Waals surface area contributed by atoms with E-state index in [0.29, 0.717) is 19.5 Å². The van der Waals surface area contributed by atoms with Crippen molar-refractivity contribution in [3.8, 4) is 11.3 Å². The second kappa shape index (κ2) is 14.2. The van der Waals surface area contributed by atoms with Crippen molar-refractivity contribution in [1.29, 1.82) is 0 Å². The second-order valence-electron chi connectivity index (χ2n) is 11.1. The van der Waals surface area contributed by atoms with Crippen LogP contribution in [0, 0.1) is 11.7 Å². The summed E-state index contributed by atoms with van der Waals surface area (Å²) < 4.78 is 13.3. The van der Waals surface area contributed by atoms with Crippen LogP contribution >= 0.6 is 0 Å². The predicted molar refractivity (Wildman–Crippen MR) is 169 cm³/mol. The number of carbonyl (C=O) groups is 2. The van der Waals surface area contributed by atoms with Crippen LogP contribution in [-0.4, -0.2) is 70.0 Å². The molecule has 6 rings (SSSR count). The standard InChI is InChI=1S/C19H25FN2O.C15H14N4O/c1-2-15-6-9-21(13-15)14-19(23)22-10-7-16(8-11-22)17-4-3-5-18(20)12-17;1-2-11-7-10(5-6-16-11)15-13-8-12(17-9-20)3-4-14(13)18-19-15/h3-5,7,12,15H,2,6,8-11,13-14H2,1H3;3-9H,2H2,1H3,(H,17,20)(H,18,19). The molecule has 2 aromatic heterocycles. The molecule has 0 bridgehead atoms. The van der Waals surface area contributed by atoms with Crippen LogP contribution in [0.4, 0.5) is 10.1 Å². The van der Waals surface area contributed by atoms with Crippen molar-refractivity contribution in [1.82, 2.24) is 25.0 Å². The Morgan fingerprint density at radius 1 is 1.12 bits per heavy atom. The molecule has 1 atom stereocenters. The molecule has 4 heterocycles. The summed E-state index contributed by atoms with van der Waals surface area (Å²) in [6.45, 7) is 8.30. The molecule has 9 heteroatoms. The number of aromatic amines is 1. The van der Waals surface area contributed by atoms with Gasteiger partial charge in [0.1, 0.15) is 11.5 Å². The largest absolute Gasteiger partial charge is 0.338 e. The van der Waals surface area contributed by atoms with Crippen molar-refractivity contribution in [2.24, 2.45) is 5.92 Å². The number of hydrogen-bond donors (Lipinski definition) is 2. The van der Waals surface area contributed by atoms with Crippen LogP contribution < -0.4 is 5.32 Å². The van der Waals surface area contributed by atoms with Crippen molar-refractivity contribution < 1.29 is 14.0 Å². The number of rotatable bonds is 8. The van der Waals surface area contributed by atoms with E-state index in [4.69, 9.17) is 0 Å². The number of amides is 2. The van der Waals surface area contributed by atoms with E-state index in [9.17, 15) is 14.0 Å². The van der Waals surface area contributed by atoms with Crippen molar-refractivity contribution >= 4 is 34.5 Å². The van der Waals surface area contributed by atoms with E-state index >= 15 is 0 Å². The minimum Gasteiger partial charge on any atom is -0.338 e. The van der Waals surface area contributed by atoms with Crippen molar-refractivity contribution in [3.63, 3.8) is 0 Å². The van der Waals surface area contributed by atoms with Crippen LogP contribution in [0.25, 0.3) is 27.7 Å². The lowest BCUT2D eigenvalue weighted by Crippen LogP contribution is -2.41. The third-order valence-electron chi connectivity index (χ3n) is 8.30. The van der Waals surface area contributed by atoms with Gasteiger partial charge in [-0.25, -0.2) is 4.39 Å². The monoisotopic (exact) mass is 582 g/mol. The highest BCUT2D eigenvalue weighted by atomic mass is 19.1. The zero-order valence-corrected chi connectivity index (χ0v) is 24.9. The van der Waals surface area contributed by atoms with Gasteiger partial charge in [-0.1, -0.05) is 38.5 Å². The Kier molecular flexibility index (Phi) is 9.94. The quantitative estimate of drug-likeness (QED) is 0.251. The lowest BCUT2D eigenvalue weighted by molar-refractivity contribution is -0.131. The molecular weight excluding hydrogens is 543 g/mol. The second-order valence-corrected chi connectivity index (χ2v) is 11.1. The first-order chi connectivity index (χ1) is 21.0. The van der Waals surface area contributed by atoms with Crippen molar-refractivity contribution in [2.75, 3.05) is 38.0 Å². The fourth-order valence-electron chi connectivity index (χ4n) is 5.74. The Balaban J connectivity index is 0.000000173. The van der Waals surface area contributed by atoms with Gasteiger partial charge in [0.15, 0.2) is 0 Å². The maximum absolute atomic E-state index is 13.3. The number of nitrogens with one attached hydrogen (secondary N) is 2. The average molecular weight is 583 g/mol. The Hall–Kier alpha value is -4.37. The number of aromatic nitrogens is 3. The first-order valence-corrected chi connectivity index (χ1v) is 15.1. The van der Waals surface area contributed by atoms with E-state index in [1.807, 2.05) is 41.3 Å². The molecule has 2 amide bonds. The summed E-state index contributed by atoms with van der Waals surface area (Å²) in [7, 11) is 0. The first-order valence-electron chi connectivity index (χ1n) is 15.1. The number of fused-ring (bicyclic) bond motifs is 1.